The largest absolute Gasteiger partial charge is 0.338 e. The maximum atomic E-state index is 12.9. The van der Waals surface area contributed by atoms with Gasteiger partial charge in [0.25, 0.3) is 0 Å². The van der Waals surface area contributed by atoms with Gasteiger partial charge >= 0.3 is 0 Å². The predicted octanol–water partition coefficient (Wildman–Crippen LogP) is 3.14. The van der Waals surface area contributed by atoms with Gasteiger partial charge in [-0.1, -0.05) is 42.1 Å². The molecule has 3 aromatic rings. The number of hydrogen-bond donors (Lipinski definition) is 0. The third-order valence-electron chi connectivity index (χ3n) is 5.56. The molecule has 7 nitrogen and oxygen atoms in total. The zero-order valence-corrected chi connectivity index (χ0v) is 19.5. The SMILES string of the molecule is CCN(C(=O)CSc1nc(-c2ccccc2)c2c(C)cc(C)nn12)C1CCS(=O)(=O)C1. The fraction of sp³-hybridized carbons (Fsp3) is 0.409. The first kappa shape index (κ1) is 21.8. The molecule has 4 rings (SSSR count). The monoisotopic (exact) mass is 458 g/mol. The van der Waals surface area contributed by atoms with Gasteiger partial charge in [-0.15, -0.1) is 0 Å². The first-order valence-corrected chi connectivity index (χ1v) is 13.1. The van der Waals surface area contributed by atoms with Crippen molar-refractivity contribution in [1.29, 1.82) is 0 Å². The standard InChI is InChI=1S/C22H26N4O3S2/c1-4-25(18-10-11-31(28,29)14-18)19(27)13-30-22-23-20(17-8-6-5-7-9-17)21-15(2)12-16(3)24-26(21)22/h5-9,12,18H,4,10-11,13-14H2,1-3H3. The predicted molar refractivity (Wildman–Crippen MR) is 123 cm³/mol. The molecule has 1 saturated heterocycles. The zero-order chi connectivity index (χ0) is 22.2. The van der Waals surface area contributed by atoms with Crippen LogP contribution in [0.15, 0.2) is 41.6 Å². The van der Waals surface area contributed by atoms with Crippen LogP contribution in [0.25, 0.3) is 16.8 Å². The number of fused-ring (bicyclic) bond motifs is 1. The summed E-state index contributed by atoms with van der Waals surface area (Å²) in [5, 5.41) is 5.31. The number of rotatable bonds is 6. The van der Waals surface area contributed by atoms with E-state index in [1.807, 2.05) is 61.7 Å². The first-order chi connectivity index (χ1) is 14.8. The molecule has 1 unspecified atom stereocenters. The Bertz CT molecular complexity index is 1220. The van der Waals surface area contributed by atoms with Gasteiger partial charge in [0.15, 0.2) is 15.0 Å². The van der Waals surface area contributed by atoms with E-state index in [1.165, 1.54) is 11.8 Å². The first-order valence-electron chi connectivity index (χ1n) is 10.3. The highest BCUT2D eigenvalue weighted by atomic mass is 32.2. The summed E-state index contributed by atoms with van der Waals surface area (Å²) in [5.74, 6) is 0.327. The summed E-state index contributed by atoms with van der Waals surface area (Å²) < 4.78 is 25.5. The molecule has 0 radical (unpaired) electrons. The Morgan fingerprint density at radius 3 is 2.65 bits per heavy atom. The third kappa shape index (κ3) is 4.48. The number of carbonyl (C=O) groups excluding carboxylic acids is 1. The van der Waals surface area contributed by atoms with Crippen LogP contribution in [0.1, 0.15) is 24.6 Å². The number of imidazole rings is 1. The lowest BCUT2D eigenvalue weighted by Gasteiger charge is -2.26. The van der Waals surface area contributed by atoms with Crippen LogP contribution in [0.5, 0.6) is 0 Å². The molecular weight excluding hydrogens is 432 g/mol. The van der Waals surface area contributed by atoms with Crippen molar-refractivity contribution in [2.24, 2.45) is 0 Å². The van der Waals surface area contributed by atoms with E-state index in [9.17, 15) is 13.2 Å². The van der Waals surface area contributed by atoms with Crippen molar-refractivity contribution in [3.63, 3.8) is 0 Å². The van der Waals surface area contributed by atoms with E-state index in [-0.39, 0.29) is 29.2 Å². The maximum absolute atomic E-state index is 12.9. The molecule has 1 amide bonds. The molecule has 0 bridgehead atoms. The van der Waals surface area contributed by atoms with Gasteiger partial charge in [-0.25, -0.2) is 17.9 Å². The number of aryl methyl sites for hydroxylation is 2. The molecule has 3 heterocycles. The molecule has 1 aromatic carbocycles. The van der Waals surface area contributed by atoms with Gasteiger partial charge in [0.05, 0.1) is 34.2 Å². The summed E-state index contributed by atoms with van der Waals surface area (Å²) >= 11 is 1.34. The van der Waals surface area contributed by atoms with E-state index in [0.29, 0.717) is 18.1 Å². The average molecular weight is 459 g/mol. The molecule has 0 saturated carbocycles. The van der Waals surface area contributed by atoms with E-state index < -0.39 is 9.84 Å². The normalized spacial score (nSPS) is 17.8. The van der Waals surface area contributed by atoms with Crippen LogP contribution in [-0.2, 0) is 14.6 Å². The Hall–Kier alpha value is -2.39. The van der Waals surface area contributed by atoms with Gasteiger partial charge in [-0.2, -0.15) is 5.10 Å². The third-order valence-corrected chi connectivity index (χ3v) is 8.23. The lowest BCUT2D eigenvalue weighted by Crippen LogP contribution is -2.42. The van der Waals surface area contributed by atoms with Crippen molar-refractivity contribution < 1.29 is 13.2 Å². The van der Waals surface area contributed by atoms with Crippen LogP contribution in [0, 0.1) is 13.8 Å². The molecule has 9 heteroatoms. The van der Waals surface area contributed by atoms with Gasteiger partial charge in [-0.05, 0) is 38.8 Å². The highest BCUT2D eigenvalue weighted by molar-refractivity contribution is 7.99. The number of benzene rings is 1. The Morgan fingerprint density at radius 2 is 2.00 bits per heavy atom. The van der Waals surface area contributed by atoms with Crippen LogP contribution in [0.3, 0.4) is 0 Å². The summed E-state index contributed by atoms with van der Waals surface area (Å²) in [5.41, 5.74) is 4.72. The second kappa shape index (κ2) is 8.63. The number of thioether (sulfide) groups is 1. The van der Waals surface area contributed by atoms with Crippen molar-refractivity contribution in [2.75, 3.05) is 23.8 Å². The molecule has 164 valence electrons. The molecule has 1 fully saturated rings. The molecular formula is C22H26N4O3S2. The second-order valence-corrected chi connectivity index (χ2v) is 11.0. The number of amides is 1. The lowest BCUT2D eigenvalue weighted by molar-refractivity contribution is -0.129. The maximum Gasteiger partial charge on any atom is 0.233 e. The molecule has 31 heavy (non-hydrogen) atoms. The topological polar surface area (TPSA) is 84.6 Å². The molecule has 2 aromatic heterocycles. The van der Waals surface area contributed by atoms with Crippen LogP contribution in [-0.4, -0.2) is 63.7 Å². The van der Waals surface area contributed by atoms with Crippen LogP contribution in [0.4, 0.5) is 0 Å². The smallest absolute Gasteiger partial charge is 0.233 e. The minimum atomic E-state index is -3.04. The fourth-order valence-corrected chi connectivity index (χ4v) is 6.73. The minimum Gasteiger partial charge on any atom is -0.338 e. The number of hydrogen-bond acceptors (Lipinski definition) is 6. The van der Waals surface area contributed by atoms with E-state index in [1.54, 1.807) is 4.90 Å². The summed E-state index contributed by atoms with van der Waals surface area (Å²) in [6.45, 7) is 6.36. The Morgan fingerprint density at radius 1 is 1.26 bits per heavy atom. The van der Waals surface area contributed by atoms with Gasteiger partial charge in [0.2, 0.25) is 5.91 Å². The van der Waals surface area contributed by atoms with Crippen molar-refractivity contribution >= 4 is 33.0 Å². The van der Waals surface area contributed by atoms with Crippen molar-refractivity contribution in [1.82, 2.24) is 19.5 Å². The summed E-state index contributed by atoms with van der Waals surface area (Å²) in [7, 11) is -3.04. The molecule has 0 spiro atoms. The van der Waals surface area contributed by atoms with E-state index >= 15 is 0 Å². The van der Waals surface area contributed by atoms with Crippen LogP contribution >= 0.6 is 11.8 Å². The fourth-order valence-electron chi connectivity index (χ4n) is 4.17. The van der Waals surface area contributed by atoms with Crippen molar-refractivity contribution in [3.8, 4) is 11.3 Å². The molecule has 1 atom stereocenters. The van der Waals surface area contributed by atoms with Crippen molar-refractivity contribution in [2.45, 2.75) is 38.4 Å². The van der Waals surface area contributed by atoms with Gasteiger partial charge in [0, 0.05) is 18.2 Å². The van der Waals surface area contributed by atoms with Crippen LogP contribution in [0.2, 0.25) is 0 Å². The van der Waals surface area contributed by atoms with E-state index in [4.69, 9.17) is 4.98 Å². The lowest BCUT2D eigenvalue weighted by atomic mass is 10.1. The van der Waals surface area contributed by atoms with Gasteiger partial charge in [0.1, 0.15) is 0 Å². The summed E-state index contributed by atoms with van der Waals surface area (Å²) in [6.07, 6.45) is 0.511. The molecule has 1 aliphatic rings. The summed E-state index contributed by atoms with van der Waals surface area (Å²) in [4.78, 5) is 19.5. The highest BCUT2D eigenvalue weighted by Crippen LogP contribution is 2.31. The second-order valence-electron chi connectivity index (χ2n) is 7.86. The Balaban J connectivity index is 1.62. The molecule has 0 aliphatic carbocycles. The molecule has 0 N–H and O–H groups in total. The van der Waals surface area contributed by atoms with Gasteiger partial charge < -0.3 is 4.90 Å². The van der Waals surface area contributed by atoms with Crippen molar-refractivity contribution in [3.05, 3.63) is 47.7 Å². The van der Waals surface area contributed by atoms with E-state index in [2.05, 4.69) is 5.10 Å². The molecule has 1 aliphatic heterocycles. The highest BCUT2D eigenvalue weighted by Gasteiger charge is 2.34. The average Bonchev–Trinajstić information content (AvgIpc) is 3.27. The van der Waals surface area contributed by atoms with Gasteiger partial charge in [-0.3, -0.25) is 4.79 Å². The Labute approximate surface area is 186 Å². The quantitative estimate of drug-likeness (QED) is 0.528. The Kier molecular flexibility index (Phi) is 6.07. The van der Waals surface area contributed by atoms with E-state index in [0.717, 1.165) is 28.0 Å². The number of nitrogens with zero attached hydrogens (tertiary/aromatic N) is 4. The zero-order valence-electron chi connectivity index (χ0n) is 17.9. The number of aromatic nitrogens is 3. The van der Waals surface area contributed by atoms with Crippen LogP contribution < -0.4 is 0 Å². The minimum absolute atomic E-state index is 0.0572. The number of carbonyl (C=O) groups is 1. The summed E-state index contributed by atoms with van der Waals surface area (Å²) in [6, 6.07) is 11.7. The number of sulfone groups is 1.